The lowest BCUT2D eigenvalue weighted by Crippen LogP contribution is -2.26. The molecule has 0 fully saturated rings. The van der Waals surface area contributed by atoms with E-state index in [0.29, 0.717) is 0 Å². The number of fused-ring (bicyclic) bond motifs is 41. The minimum absolute atomic E-state index is 0.896. The summed E-state index contributed by atoms with van der Waals surface area (Å²) < 4.78 is 0. The second kappa shape index (κ2) is 28.5. The maximum Gasteiger partial charge on any atom is 0.0716 e. The van der Waals surface area contributed by atoms with Gasteiger partial charge >= 0.3 is 0 Å². The van der Waals surface area contributed by atoms with Gasteiger partial charge in [-0.1, -0.05) is 218 Å². The van der Waals surface area contributed by atoms with E-state index >= 15 is 0 Å². The lowest BCUT2D eigenvalue weighted by molar-refractivity contribution is 0.957. The number of aromatic nitrogens is 4. The summed E-state index contributed by atoms with van der Waals surface area (Å²) in [6.07, 6.45) is 25.9. The molecule has 0 spiro atoms. The van der Waals surface area contributed by atoms with Crippen LogP contribution in [0.25, 0.3) is 89.0 Å². The Kier molecular flexibility index (Phi) is 15.6. The van der Waals surface area contributed by atoms with E-state index in [4.69, 9.17) is 15.0 Å². The van der Waals surface area contributed by atoms with Gasteiger partial charge in [0.2, 0.25) is 0 Å². The van der Waals surface area contributed by atoms with Gasteiger partial charge in [-0.15, -0.1) is 0 Å². The van der Waals surface area contributed by atoms with Crippen molar-refractivity contribution < 1.29 is 0 Å². The standard InChI is InChI=1S/4C33H22N2/c1-3-7-27-20(6-1)10-22-15-31-24(14-29(22)27)13-26-18-34-17-25-12-23-11-21-9-19-5-2-4-8-28(19)30(21)16-32(23)35(31)33(25)26;1-3-7-26-20(6-1)12-23-17-31-24(15-28(23)26)13-21-9-10-34-30-16-25-14-22-11-19-5-2-4-8-27(19)29(22)18-32(25)35(31)33(21)30;1-3-7-26-20(6-1)12-23-17-31-25(15-28(23)26)16-30-33-21(9-10-34-30)13-24-14-22-11-19-5-2-4-8-27(19)29(22)18-32(24)35(31)33;1-3-7-25-19(5-1)14-23-18-31-24(16-27(23)25)17-29-33-22(11-12-34-29)15-28-30(35(31)33)10-9-21-13-20-6-2-4-8-26(20)32(21)28/h1-8,11,14-18H,9-10,12-13H2;2*1-10,14-15,17-18H,11-13,16H2;1-12,16,18H,13-15,17H2. The largest absolute Gasteiger partial charge is 0.309 e. The van der Waals surface area contributed by atoms with Crippen molar-refractivity contribution in [2.75, 3.05) is 19.6 Å². The van der Waals surface area contributed by atoms with Crippen LogP contribution in [0.2, 0.25) is 0 Å². The number of rotatable bonds is 0. The SMILES string of the molecule is c1ccc2c(c1)Cc1cc3c(cc1-2)Cc1ccnc2c1N3c1cc3c(cc1C2)Cc1ccccc1-3.c1ccc2c(c1)Cc1cc3c(cc1-2)Cc1cncc2c1N3c1cc3c(cc1C2)Cc1ccccc1-3.c1ccc2c(c1)Cc1cc3c(cc1-2)Cc1nccc2c1N3c1cc3c(cc1C2)Cc1ccccc1-3.c1ccc2c(c1)Cc1cc3c(cc1-2)Cc1nccc2c1N3c1ccc3c(c1C2)-c1ccccc1C3. The highest BCUT2D eigenvalue weighted by molar-refractivity contribution is 6.02. The fourth-order valence-electron chi connectivity index (χ4n) is 28.1. The van der Waals surface area contributed by atoms with Crippen LogP contribution in [0.5, 0.6) is 0 Å². The van der Waals surface area contributed by atoms with E-state index < -0.39 is 0 Å². The molecule has 0 atom stereocenters. The van der Waals surface area contributed by atoms with Gasteiger partial charge in [0, 0.05) is 82.4 Å². The molecule has 4 aromatic heterocycles. The fourth-order valence-corrected chi connectivity index (χ4v) is 28.1. The van der Waals surface area contributed by atoms with Crippen molar-refractivity contribution in [2.24, 2.45) is 0 Å². The number of hydrogen-bond donors (Lipinski definition) is 0. The minimum Gasteiger partial charge on any atom is -0.309 e. The highest BCUT2D eigenvalue weighted by Crippen LogP contribution is 2.62. The van der Waals surface area contributed by atoms with E-state index in [1.54, 1.807) is 0 Å². The summed E-state index contributed by atoms with van der Waals surface area (Å²) in [5.41, 5.74) is 83.4. The topological polar surface area (TPSA) is 64.5 Å². The Hall–Kier alpha value is -16.7. The number of anilines is 12. The van der Waals surface area contributed by atoms with Crippen molar-refractivity contribution >= 4 is 68.2 Å². The second-order valence-electron chi connectivity index (χ2n) is 41.6. The first-order chi connectivity index (χ1) is 69.3. The molecule has 656 valence electrons. The highest BCUT2D eigenvalue weighted by Gasteiger charge is 2.43. The average Bonchev–Trinajstić information content (AvgIpc) is 1.26. The van der Waals surface area contributed by atoms with Gasteiger partial charge < -0.3 is 19.6 Å². The van der Waals surface area contributed by atoms with Gasteiger partial charge in [0.05, 0.1) is 85.3 Å². The van der Waals surface area contributed by atoms with Gasteiger partial charge in [-0.25, -0.2) is 0 Å². The van der Waals surface area contributed by atoms with Crippen LogP contribution >= 0.6 is 0 Å². The Bertz CT molecular complexity index is 8310. The Balaban J connectivity index is 0.0000000829. The van der Waals surface area contributed by atoms with Gasteiger partial charge in [0.25, 0.3) is 0 Å². The van der Waals surface area contributed by atoms with Gasteiger partial charge in [-0.05, 0) is 393 Å². The predicted molar refractivity (Wildman–Crippen MR) is 564 cm³/mol. The highest BCUT2D eigenvalue weighted by atomic mass is 15.2. The summed E-state index contributed by atoms with van der Waals surface area (Å²) in [7, 11) is 0. The van der Waals surface area contributed by atoms with Crippen LogP contribution in [0.4, 0.5) is 68.2 Å². The molecule has 0 saturated carbocycles. The maximum atomic E-state index is 4.89. The van der Waals surface area contributed by atoms with Crippen LogP contribution in [0.15, 0.2) is 340 Å². The summed E-state index contributed by atoms with van der Waals surface area (Å²) in [6, 6.07) is 117. The lowest BCUT2D eigenvalue weighted by Gasteiger charge is -2.39. The molecule has 0 bridgehead atoms. The second-order valence-corrected chi connectivity index (χ2v) is 41.6. The Morgan fingerprint density at radius 3 is 0.743 bits per heavy atom. The van der Waals surface area contributed by atoms with Crippen molar-refractivity contribution in [1.82, 2.24) is 19.9 Å². The molecular formula is C132H88N8. The normalized spacial score (nSPS) is 14.9. The summed E-state index contributed by atoms with van der Waals surface area (Å²) in [5, 5.41) is 0. The van der Waals surface area contributed by atoms with E-state index in [0.717, 1.165) is 103 Å². The van der Waals surface area contributed by atoms with Gasteiger partial charge in [-0.3, -0.25) is 19.9 Å². The predicted octanol–water partition coefficient (Wildman–Crippen LogP) is 30.0. The van der Waals surface area contributed by atoms with E-state index in [2.05, 4.69) is 346 Å². The molecule has 0 N–H and O–H groups in total. The Morgan fingerprint density at radius 1 is 0.150 bits per heavy atom. The Morgan fingerprint density at radius 2 is 0.393 bits per heavy atom. The summed E-state index contributed by atoms with van der Waals surface area (Å²) in [5.74, 6) is 0. The van der Waals surface area contributed by atoms with E-state index in [-0.39, 0.29) is 0 Å². The molecule has 16 aliphatic rings. The Labute approximate surface area is 812 Å². The van der Waals surface area contributed by atoms with Crippen molar-refractivity contribution in [3.8, 4) is 89.0 Å². The molecule has 0 amide bonds. The number of nitrogens with zero attached hydrogens (tertiary/aromatic N) is 8. The van der Waals surface area contributed by atoms with Crippen LogP contribution < -0.4 is 19.6 Å². The fraction of sp³-hybridized carbons (Fsp3) is 0.121. The maximum absolute atomic E-state index is 4.89. The molecule has 8 aliphatic carbocycles. The van der Waals surface area contributed by atoms with Gasteiger partial charge in [-0.2, -0.15) is 0 Å². The van der Waals surface area contributed by atoms with E-state index in [9.17, 15) is 0 Å². The molecular weight excluding hydrogens is 1700 g/mol. The van der Waals surface area contributed by atoms with Crippen molar-refractivity contribution in [3.63, 3.8) is 0 Å². The number of hydrogen-bond acceptors (Lipinski definition) is 8. The number of pyridine rings is 4. The third kappa shape index (κ3) is 11.0. The molecule has 140 heavy (non-hydrogen) atoms. The summed E-state index contributed by atoms with van der Waals surface area (Å²) in [4.78, 5) is 29.5. The molecule has 16 aromatic carbocycles. The zero-order valence-electron chi connectivity index (χ0n) is 77.2. The first kappa shape index (κ1) is 76.5. The summed E-state index contributed by atoms with van der Waals surface area (Å²) >= 11 is 0. The molecule has 8 aliphatic heterocycles. The first-order valence-corrected chi connectivity index (χ1v) is 50.3. The smallest absolute Gasteiger partial charge is 0.0716 e. The summed E-state index contributed by atoms with van der Waals surface area (Å²) in [6.45, 7) is 0. The molecule has 0 unspecified atom stereocenters. The van der Waals surface area contributed by atoms with E-state index in [1.807, 2.05) is 18.6 Å². The van der Waals surface area contributed by atoms with Crippen LogP contribution in [0.3, 0.4) is 0 Å². The van der Waals surface area contributed by atoms with E-state index in [1.165, 1.54) is 336 Å². The van der Waals surface area contributed by atoms with Crippen molar-refractivity contribution in [2.45, 2.75) is 103 Å². The molecule has 20 aromatic rings. The van der Waals surface area contributed by atoms with Crippen LogP contribution in [-0.4, -0.2) is 19.9 Å². The average molecular weight is 1790 g/mol. The van der Waals surface area contributed by atoms with Crippen molar-refractivity contribution in [1.29, 1.82) is 0 Å². The monoisotopic (exact) mass is 1780 g/mol. The lowest BCUT2D eigenvalue weighted by atomic mass is 9.84. The third-order valence-corrected chi connectivity index (χ3v) is 34.1. The van der Waals surface area contributed by atoms with Gasteiger partial charge in [0.1, 0.15) is 0 Å². The van der Waals surface area contributed by atoms with Crippen LogP contribution in [0, 0.1) is 0 Å². The molecule has 0 saturated heterocycles. The number of benzene rings is 16. The van der Waals surface area contributed by atoms with Gasteiger partial charge in [0.15, 0.2) is 0 Å². The molecule has 8 nitrogen and oxygen atoms in total. The van der Waals surface area contributed by atoms with Crippen molar-refractivity contribution in [3.05, 3.63) is 519 Å². The minimum atomic E-state index is 0.896. The molecule has 12 heterocycles. The first-order valence-electron chi connectivity index (χ1n) is 50.3. The quantitative estimate of drug-likeness (QED) is 0.149. The van der Waals surface area contributed by atoms with Crippen LogP contribution in [-0.2, 0) is 103 Å². The van der Waals surface area contributed by atoms with Crippen LogP contribution in [0.1, 0.15) is 178 Å². The third-order valence-electron chi connectivity index (χ3n) is 34.1. The molecule has 8 heteroatoms. The zero-order valence-corrected chi connectivity index (χ0v) is 77.2. The molecule has 36 rings (SSSR count). The molecule has 0 radical (unpaired) electrons. The zero-order chi connectivity index (χ0) is 90.7.